The Hall–Kier alpha value is -3.15. The van der Waals surface area contributed by atoms with E-state index in [1.54, 1.807) is 48.7 Å². The lowest BCUT2D eigenvalue weighted by Gasteiger charge is -2.33. The number of hydrogen-bond donors (Lipinski definition) is 1. The molecule has 11 heteroatoms. The topological polar surface area (TPSA) is 102 Å². The van der Waals surface area contributed by atoms with Crippen molar-refractivity contribution in [3.63, 3.8) is 0 Å². The number of halogens is 2. The first-order valence-electron chi connectivity index (χ1n) is 13.7. The van der Waals surface area contributed by atoms with Crippen molar-refractivity contribution in [1.82, 2.24) is 19.6 Å². The molecule has 2 fully saturated rings. The lowest BCUT2D eigenvalue weighted by molar-refractivity contribution is -0.00244. The molecule has 2 aliphatic rings. The molecule has 2 aromatic carbocycles. The van der Waals surface area contributed by atoms with Crippen LogP contribution in [0.3, 0.4) is 0 Å². The molecule has 1 unspecified atom stereocenters. The Morgan fingerprint density at radius 3 is 2.38 bits per heavy atom. The lowest BCUT2D eigenvalue weighted by atomic mass is 9.90. The van der Waals surface area contributed by atoms with E-state index in [-0.39, 0.29) is 23.3 Å². The van der Waals surface area contributed by atoms with Gasteiger partial charge in [0, 0.05) is 25.6 Å². The molecule has 8 nitrogen and oxygen atoms in total. The molecule has 0 aliphatic carbocycles. The number of alkyl halides is 2. The van der Waals surface area contributed by atoms with E-state index in [4.69, 9.17) is 5.14 Å². The highest BCUT2D eigenvalue weighted by molar-refractivity contribution is 7.89. The van der Waals surface area contributed by atoms with E-state index in [9.17, 15) is 13.2 Å². The Bertz CT molecular complexity index is 1440. The molecule has 2 aliphatic heterocycles. The third-order valence-electron chi connectivity index (χ3n) is 7.98. The molecule has 3 heterocycles. The number of primary sulfonamides is 1. The number of carbonyl (C=O) groups excluding carboxylic acids is 1. The van der Waals surface area contributed by atoms with Gasteiger partial charge in [0.15, 0.2) is 0 Å². The Morgan fingerprint density at radius 2 is 1.75 bits per heavy atom. The zero-order valence-electron chi connectivity index (χ0n) is 22.5. The maximum Gasteiger partial charge on any atom is 0.273 e. The van der Waals surface area contributed by atoms with Crippen LogP contribution in [0.1, 0.15) is 65.2 Å². The molecule has 2 N–H and O–H groups in total. The molecule has 5 rings (SSSR count). The molecule has 3 aromatic rings. The Kier molecular flexibility index (Phi) is 8.08. The third kappa shape index (κ3) is 5.96. The summed E-state index contributed by atoms with van der Waals surface area (Å²) in [7, 11) is -3.73. The van der Waals surface area contributed by atoms with Crippen molar-refractivity contribution >= 4 is 15.9 Å². The van der Waals surface area contributed by atoms with Gasteiger partial charge >= 0.3 is 0 Å². The van der Waals surface area contributed by atoms with Gasteiger partial charge in [-0.1, -0.05) is 49.4 Å². The van der Waals surface area contributed by atoms with Gasteiger partial charge in [-0.2, -0.15) is 5.10 Å². The van der Waals surface area contributed by atoms with E-state index >= 15 is 8.78 Å². The van der Waals surface area contributed by atoms with Crippen LogP contribution in [0.5, 0.6) is 0 Å². The lowest BCUT2D eigenvalue weighted by Crippen LogP contribution is -2.35. The van der Waals surface area contributed by atoms with Crippen LogP contribution in [-0.4, -0.2) is 66.0 Å². The van der Waals surface area contributed by atoms with Crippen molar-refractivity contribution in [1.29, 1.82) is 0 Å². The number of amides is 1. The molecular formula is C29H35F2N5O3S. The van der Waals surface area contributed by atoms with Gasteiger partial charge in [0.05, 0.1) is 34.8 Å². The smallest absolute Gasteiger partial charge is 0.273 e. The fraction of sp³-hybridized carbons (Fsp3) is 0.448. The first-order valence-corrected chi connectivity index (χ1v) is 15.2. The predicted octanol–water partition coefficient (Wildman–Crippen LogP) is 4.20. The van der Waals surface area contributed by atoms with Crippen molar-refractivity contribution in [2.75, 3.05) is 26.2 Å². The van der Waals surface area contributed by atoms with Crippen molar-refractivity contribution < 1.29 is 22.0 Å². The molecule has 214 valence electrons. The maximum absolute atomic E-state index is 15.0. The molecule has 1 amide bonds. The first kappa shape index (κ1) is 28.4. The molecule has 1 aromatic heterocycles. The predicted molar refractivity (Wildman–Crippen MR) is 148 cm³/mol. The second-order valence-electron chi connectivity index (χ2n) is 10.8. The summed E-state index contributed by atoms with van der Waals surface area (Å²) in [4.78, 5) is 17.3. The molecule has 0 saturated carbocycles. The fourth-order valence-electron chi connectivity index (χ4n) is 5.93. The van der Waals surface area contributed by atoms with Gasteiger partial charge in [-0.05, 0) is 55.6 Å². The summed E-state index contributed by atoms with van der Waals surface area (Å²) >= 11 is 0. The number of hydrogen-bond acceptors (Lipinski definition) is 5. The van der Waals surface area contributed by atoms with Crippen LogP contribution in [0.4, 0.5) is 8.78 Å². The quantitative estimate of drug-likeness (QED) is 0.437. The largest absolute Gasteiger partial charge is 0.332 e. The van der Waals surface area contributed by atoms with Gasteiger partial charge in [0.2, 0.25) is 10.0 Å². The third-order valence-corrected chi connectivity index (χ3v) is 8.91. The number of aromatic nitrogens is 2. The van der Waals surface area contributed by atoms with Gasteiger partial charge in [-0.3, -0.25) is 14.4 Å². The number of rotatable bonds is 8. The van der Waals surface area contributed by atoms with Gasteiger partial charge in [0.1, 0.15) is 0 Å². The van der Waals surface area contributed by atoms with Crippen LogP contribution >= 0.6 is 0 Å². The van der Waals surface area contributed by atoms with Gasteiger partial charge < -0.3 is 4.90 Å². The first-order chi connectivity index (χ1) is 19.1. The van der Waals surface area contributed by atoms with E-state index in [0.717, 1.165) is 43.6 Å². The van der Waals surface area contributed by atoms with Crippen molar-refractivity contribution in [3.8, 4) is 0 Å². The number of nitrogens with two attached hydrogens (primary N) is 1. The number of likely N-dealkylation sites (tertiary alicyclic amines) is 2. The minimum absolute atomic E-state index is 0.0308. The van der Waals surface area contributed by atoms with Gasteiger partial charge in [-0.15, -0.1) is 0 Å². The van der Waals surface area contributed by atoms with Crippen LogP contribution in [-0.2, 0) is 23.1 Å². The summed E-state index contributed by atoms with van der Waals surface area (Å²) in [6, 6.07) is 15.2. The SMILES string of the molecule is CCCn1ncc(C(=O)N2CC(c3ccccc3)C(F)(F)C2)c1C1CCN(Cc2ccc(S(N)(=O)=O)cc2)CC1. The summed E-state index contributed by atoms with van der Waals surface area (Å²) in [5.74, 6) is -4.34. The number of sulfonamides is 1. The van der Waals surface area contributed by atoms with Crippen LogP contribution in [0.25, 0.3) is 0 Å². The highest BCUT2D eigenvalue weighted by Gasteiger charge is 2.50. The second kappa shape index (κ2) is 11.4. The van der Waals surface area contributed by atoms with E-state index < -0.39 is 28.4 Å². The summed E-state index contributed by atoms with van der Waals surface area (Å²) in [6.07, 6.45) is 4.00. The van der Waals surface area contributed by atoms with Crippen molar-refractivity contribution in [3.05, 3.63) is 83.2 Å². The molecule has 0 radical (unpaired) electrons. The minimum Gasteiger partial charge on any atom is -0.332 e. The Balaban J connectivity index is 1.29. The van der Waals surface area contributed by atoms with E-state index in [0.29, 0.717) is 24.2 Å². The number of piperidine rings is 1. The number of carbonyl (C=O) groups is 1. The summed E-state index contributed by atoms with van der Waals surface area (Å²) in [6.45, 7) is 4.30. The molecule has 0 bridgehead atoms. The Labute approximate surface area is 233 Å². The second-order valence-corrected chi connectivity index (χ2v) is 12.4. The molecule has 0 spiro atoms. The van der Waals surface area contributed by atoms with E-state index in [1.807, 2.05) is 11.6 Å². The fourth-order valence-corrected chi connectivity index (χ4v) is 6.45. The maximum atomic E-state index is 15.0. The minimum atomic E-state index is -3.73. The number of nitrogens with zero attached hydrogens (tertiary/aromatic N) is 4. The van der Waals surface area contributed by atoms with Crippen LogP contribution in [0, 0.1) is 0 Å². The number of aryl methyl sites for hydroxylation is 1. The van der Waals surface area contributed by atoms with Gasteiger partial charge in [-0.25, -0.2) is 22.3 Å². The average molecular weight is 572 g/mol. The van der Waals surface area contributed by atoms with Crippen molar-refractivity contribution in [2.45, 2.75) is 61.9 Å². The summed E-state index contributed by atoms with van der Waals surface area (Å²) < 4.78 is 55.0. The monoisotopic (exact) mass is 571 g/mol. The molecule has 40 heavy (non-hydrogen) atoms. The number of benzene rings is 2. The van der Waals surface area contributed by atoms with Crippen LogP contribution in [0.2, 0.25) is 0 Å². The zero-order valence-corrected chi connectivity index (χ0v) is 23.4. The van der Waals surface area contributed by atoms with E-state index in [1.165, 1.54) is 17.0 Å². The van der Waals surface area contributed by atoms with Crippen molar-refractivity contribution in [2.24, 2.45) is 5.14 Å². The Morgan fingerprint density at radius 1 is 1.07 bits per heavy atom. The highest BCUT2D eigenvalue weighted by Crippen LogP contribution is 2.41. The zero-order chi connectivity index (χ0) is 28.5. The van der Waals surface area contributed by atoms with E-state index in [2.05, 4.69) is 10.00 Å². The standard InChI is InChI=1S/C29H35F2N5O3S/c1-2-14-36-27(23-12-15-34(16-13-23)18-21-8-10-24(11-9-21)40(32,38)39)25(17-33-36)28(37)35-19-26(29(30,31)20-35)22-6-4-3-5-7-22/h3-11,17,23,26H,2,12-16,18-20H2,1H3,(H2,32,38,39). The van der Waals surface area contributed by atoms with Gasteiger partial charge in [0.25, 0.3) is 11.8 Å². The average Bonchev–Trinajstić information content (AvgIpc) is 3.49. The normalized spacial score (nSPS) is 20.2. The molecular weight excluding hydrogens is 536 g/mol. The van der Waals surface area contributed by atoms with Crippen LogP contribution in [0.15, 0.2) is 65.7 Å². The summed E-state index contributed by atoms with van der Waals surface area (Å²) in [5.41, 5.74) is 2.79. The van der Waals surface area contributed by atoms with Crippen LogP contribution < -0.4 is 5.14 Å². The molecule has 1 atom stereocenters. The summed E-state index contributed by atoms with van der Waals surface area (Å²) in [5, 5.41) is 9.71. The molecule has 2 saturated heterocycles. The highest BCUT2D eigenvalue weighted by atomic mass is 32.2.